The van der Waals surface area contributed by atoms with Gasteiger partial charge in [0.2, 0.25) is 0 Å². The van der Waals surface area contributed by atoms with Crippen molar-refractivity contribution in [1.82, 2.24) is 9.97 Å². The lowest BCUT2D eigenvalue weighted by Crippen LogP contribution is -2.08. The summed E-state index contributed by atoms with van der Waals surface area (Å²) < 4.78 is 5.08. The van der Waals surface area contributed by atoms with Gasteiger partial charge in [0, 0.05) is 18.2 Å². The summed E-state index contributed by atoms with van der Waals surface area (Å²) in [5, 5.41) is 11.2. The van der Waals surface area contributed by atoms with Crippen LogP contribution in [0.5, 0.6) is 0 Å². The topological polar surface area (TPSA) is 72.3 Å². The fourth-order valence-electron chi connectivity index (χ4n) is 1.98. The second-order valence-corrected chi connectivity index (χ2v) is 6.05. The Balaban J connectivity index is 2.23. The van der Waals surface area contributed by atoms with Gasteiger partial charge < -0.3 is 9.84 Å². The molecule has 22 heavy (non-hydrogen) atoms. The second-order valence-electron chi connectivity index (χ2n) is 5.11. The smallest absolute Gasteiger partial charge is 0.339 e. The van der Waals surface area contributed by atoms with Gasteiger partial charge in [-0.15, -0.1) is 11.3 Å². The van der Waals surface area contributed by atoms with E-state index < -0.39 is 5.97 Å². The third-order valence-corrected chi connectivity index (χ3v) is 3.94. The minimum Gasteiger partial charge on any atom is -0.478 e. The average molecular weight is 318 g/mol. The number of ether oxygens (including phenoxy) is 1. The minimum atomic E-state index is -0.998. The minimum absolute atomic E-state index is 0.0243. The van der Waals surface area contributed by atoms with E-state index >= 15 is 0 Å². The Bertz CT molecular complexity index is 692. The van der Waals surface area contributed by atoms with E-state index in [-0.39, 0.29) is 11.5 Å². The second kappa shape index (κ2) is 7.29. The number of methoxy groups -OCH3 is 1. The van der Waals surface area contributed by atoms with Gasteiger partial charge in [-0.05, 0) is 35.1 Å². The number of thiophene rings is 1. The molecular formula is C16H18N2O3S. The summed E-state index contributed by atoms with van der Waals surface area (Å²) in [6, 6.07) is 2.04. The number of carboxylic acid groups (broad SMARTS) is 1. The van der Waals surface area contributed by atoms with Crippen LogP contribution in [0.15, 0.2) is 17.6 Å². The molecule has 2 heterocycles. The zero-order chi connectivity index (χ0) is 16.1. The van der Waals surface area contributed by atoms with Crippen LogP contribution in [-0.4, -0.2) is 28.2 Å². The van der Waals surface area contributed by atoms with Crippen molar-refractivity contribution in [3.05, 3.63) is 45.2 Å². The van der Waals surface area contributed by atoms with Crippen LogP contribution >= 0.6 is 11.3 Å². The van der Waals surface area contributed by atoms with E-state index in [0.717, 1.165) is 10.4 Å². The molecule has 2 aromatic rings. The largest absolute Gasteiger partial charge is 0.478 e. The molecule has 2 aromatic heterocycles. The van der Waals surface area contributed by atoms with Crippen molar-refractivity contribution in [2.75, 3.05) is 7.11 Å². The average Bonchev–Trinajstić information content (AvgIpc) is 2.92. The van der Waals surface area contributed by atoms with Gasteiger partial charge in [0.15, 0.2) is 5.82 Å². The van der Waals surface area contributed by atoms with Crippen molar-refractivity contribution in [1.29, 1.82) is 0 Å². The van der Waals surface area contributed by atoms with Crippen LogP contribution in [0.4, 0.5) is 0 Å². The summed E-state index contributed by atoms with van der Waals surface area (Å²) >= 11 is 1.61. The fourth-order valence-corrected chi connectivity index (χ4v) is 2.76. The Morgan fingerprint density at radius 1 is 1.45 bits per heavy atom. The number of carbonyl (C=O) groups is 1. The first kappa shape index (κ1) is 16.3. The molecule has 0 amide bonds. The zero-order valence-electron chi connectivity index (χ0n) is 12.7. The van der Waals surface area contributed by atoms with Crippen molar-refractivity contribution >= 4 is 29.5 Å². The van der Waals surface area contributed by atoms with Crippen LogP contribution in [-0.2, 0) is 11.3 Å². The van der Waals surface area contributed by atoms with Gasteiger partial charge in [0.05, 0.1) is 17.9 Å². The summed E-state index contributed by atoms with van der Waals surface area (Å²) in [5.74, 6) is -0.464. The molecule has 0 aliphatic heterocycles. The van der Waals surface area contributed by atoms with Crippen LogP contribution in [0.3, 0.4) is 0 Å². The zero-order valence-corrected chi connectivity index (χ0v) is 13.6. The molecule has 0 saturated heterocycles. The van der Waals surface area contributed by atoms with Crippen molar-refractivity contribution in [2.45, 2.75) is 26.4 Å². The van der Waals surface area contributed by atoms with Gasteiger partial charge in [-0.2, -0.15) is 0 Å². The van der Waals surface area contributed by atoms with E-state index in [9.17, 15) is 4.79 Å². The first-order valence-electron chi connectivity index (χ1n) is 6.86. The summed E-state index contributed by atoms with van der Waals surface area (Å²) in [6.45, 7) is 4.42. The Morgan fingerprint density at radius 3 is 2.86 bits per heavy atom. The number of hydrogen-bond acceptors (Lipinski definition) is 5. The molecule has 0 aliphatic carbocycles. The lowest BCUT2D eigenvalue weighted by atomic mass is 10.1. The summed E-state index contributed by atoms with van der Waals surface area (Å²) in [5.41, 5.74) is 1.83. The molecule has 1 N–H and O–H groups in total. The predicted molar refractivity (Wildman–Crippen MR) is 87.0 cm³/mol. The molecule has 116 valence electrons. The van der Waals surface area contributed by atoms with Crippen molar-refractivity contribution in [2.24, 2.45) is 0 Å². The lowest BCUT2D eigenvalue weighted by Gasteiger charge is -2.08. The Morgan fingerprint density at radius 2 is 2.23 bits per heavy atom. The van der Waals surface area contributed by atoms with Gasteiger partial charge in [0.25, 0.3) is 0 Å². The fraction of sp³-hybridized carbons (Fsp3) is 0.312. The lowest BCUT2D eigenvalue weighted by molar-refractivity contribution is 0.0694. The van der Waals surface area contributed by atoms with E-state index in [4.69, 9.17) is 9.84 Å². The maximum absolute atomic E-state index is 11.2. The van der Waals surface area contributed by atoms with Crippen molar-refractivity contribution < 1.29 is 14.6 Å². The number of carboxylic acids is 1. The molecule has 2 rings (SSSR count). The molecular weight excluding hydrogens is 300 g/mol. The van der Waals surface area contributed by atoms with Crippen LogP contribution < -0.4 is 0 Å². The van der Waals surface area contributed by atoms with Gasteiger partial charge in [-0.1, -0.05) is 13.8 Å². The molecule has 0 bridgehead atoms. The third-order valence-electron chi connectivity index (χ3n) is 3.00. The highest BCUT2D eigenvalue weighted by Gasteiger charge is 2.15. The van der Waals surface area contributed by atoms with E-state index in [2.05, 4.69) is 9.97 Å². The molecule has 0 atom stereocenters. The normalized spacial score (nSPS) is 11.5. The molecule has 0 spiro atoms. The monoisotopic (exact) mass is 318 g/mol. The Labute approximate surface area is 133 Å². The van der Waals surface area contributed by atoms with Crippen LogP contribution in [0.2, 0.25) is 0 Å². The molecule has 0 unspecified atom stereocenters. The summed E-state index contributed by atoms with van der Waals surface area (Å²) in [6.07, 6.45) is 5.08. The van der Waals surface area contributed by atoms with Crippen LogP contribution in [0.25, 0.3) is 12.2 Å². The highest BCUT2D eigenvalue weighted by Crippen LogP contribution is 2.20. The first-order chi connectivity index (χ1) is 10.5. The molecule has 0 aromatic carbocycles. The Kier molecular flexibility index (Phi) is 5.41. The van der Waals surface area contributed by atoms with Crippen LogP contribution in [0.1, 0.15) is 52.1 Å². The van der Waals surface area contributed by atoms with Gasteiger partial charge in [0.1, 0.15) is 0 Å². The van der Waals surface area contributed by atoms with Gasteiger partial charge in [-0.3, -0.25) is 0 Å². The molecule has 6 heteroatoms. The van der Waals surface area contributed by atoms with Gasteiger partial charge in [-0.25, -0.2) is 14.8 Å². The molecule has 0 aliphatic rings. The van der Waals surface area contributed by atoms with Crippen molar-refractivity contribution in [3.8, 4) is 0 Å². The standard InChI is InChI=1S/C16H18N2O3S/c1-10(2)15-13(16(19)20)7-17-14(18-15)5-4-12-6-11(8-21-3)9-22-12/h4-7,9-10H,8H2,1-3H3,(H,19,20)/b5-4+. The molecule has 0 saturated carbocycles. The van der Waals surface area contributed by atoms with Crippen molar-refractivity contribution in [3.63, 3.8) is 0 Å². The number of aromatic carboxylic acids is 1. The van der Waals surface area contributed by atoms with E-state index in [1.165, 1.54) is 6.20 Å². The summed E-state index contributed by atoms with van der Waals surface area (Å²) in [4.78, 5) is 20.7. The first-order valence-corrected chi connectivity index (χ1v) is 7.74. The predicted octanol–water partition coefficient (Wildman–Crippen LogP) is 3.68. The number of hydrogen-bond donors (Lipinski definition) is 1. The maximum atomic E-state index is 11.2. The highest BCUT2D eigenvalue weighted by molar-refractivity contribution is 7.11. The van der Waals surface area contributed by atoms with Gasteiger partial charge >= 0.3 is 5.97 Å². The summed E-state index contributed by atoms with van der Waals surface area (Å²) in [7, 11) is 1.67. The third kappa shape index (κ3) is 3.99. The van der Waals surface area contributed by atoms with E-state index in [1.54, 1.807) is 24.5 Å². The quantitative estimate of drug-likeness (QED) is 0.879. The molecule has 5 nitrogen and oxygen atoms in total. The van der Waals surface area contributed by atoms with E-state index in [0.29, 0.717) is 18.1 Å². The SMILES string of the molecule is COCc1csc(/C=C/c2ncc(C(=O)O)c(C(C)C)n2)c1. The highest BCUT2D eigenvalue weighted by atomic mass is 32.1. The van der Waals surface area contributed by atoms with Crippen LogP contribution in [0, 0.1) is 0 Å². The molecule has 0 fully saturated rings. The van der Waals surface area contributed by atoms with E-state index in [1.807, 2.05) is 31.4 Å². The number of aromatic nitrogens is 2. The molecule has 0 radical (unpaired) electrons. The maximum Gasteiger partial charge on any atom is 0.339 e. The number of nitrogens with zero attached hydrogens (tertiary/aromatic N) is 2. The Hall–Kier alpha value is -2.05. The number of rotatable bonds is 6.